The molecule has 1 atom stereocenters. The van der Waals surface area contributed by atoms with E-state index in [1.807, 2.05) is 30.3 Å². The molecule has 0 bridgehead atoms. The number of hydrogen-bond donors (Lipinski definition) is 1. The monoisotopic (exact) mass is 445 g/mol. The minimum atomic E-state index is -0.824. The Morgan fingerprint density at radius 3 is 2.48 bits per heavy atom. The molecule has 0 unspecified atom stereocenters. The lowest BCUT2D eigenvalue weighted by atomic mass is 9.99. The first-order chi connectivity index (χ1) is 16.0. The molecule has 3 aromatic rings. The molecule has 2 aliphatic rings. The normalized spacial score (nSPS) is 19.2. The number of benzene rings is 2. The maximum atomic E-state index is 13.1. The summed E-state index contributed by atoms with van der Waals surface area (Å²) >= 11 is 0. The van der Waals surface area contributed by atoms with Crippen LogP contribution in [0.4, 0.5) is 0 Å². The summed E-state index contributed by atoms with van der Waals surface area (Å²) in [4.78, 5) is 27.6. The van der Waals surface area contributed by atoms with Crippen LogP contribution in [0, 0.1) is 6.92 Å². The molecule has 0 spiro atoms. The van der Waals surface area contributed by atoms with E-state index in [2.05, 4.69) is 0 Å². The summed E-state index contributed by atoms with van der Waals surface area (Å²) < 4.78 is 17.0. The van der Waals surface area contributed by atoms with Crippen LogP contribution in [0.5, 0.6) is 11.5 Å². The molecule has 33 heavy (non-hydrogen) atoms. The summed E-state index contributed by atoms with van der Waals surface area (Å²) in [5, 5.41) is 11.2. The first kappa shape index (κ1) is 20.9. The molecule has 1 amide bonds. The second-order valence-electron chi connectivity index (χ2n) is 8.03. The van der Waals surface area contributed by atoms with Crippen molar-refractivity contribution in [2.75, 3.05) is 19.8 Å². The standard InChI is InChI=1S/C26H23NO6/c1-16-7-9-20(33-16)23-22(24(28)18-8-10-19-21(15-18)32-14-13-31-19)25(29)26(30)27(23)12-11-17-5-3-2-4-6-17/h2-10,15,23,28H,11-14H2,1H3/t23-/m1/s1. The van der Waals surface area contributed by atoms with Crippen molar-refractivity contribution in [3.05, 3.63) is 88.9 Å². The Kier molecular flexibility index (Phi) is 5.38. The first-order valence-corrected chi connectivity index (χ1v) is 10.8. The molecule has 2 aromatic carbocycles. The van der Waals surface area contributed by atoms with Crippen molar-refractivity contribution < 1.29 is 28.6 Å². The second-order valence-corrected chi connectivity index (χ2v) is 8.03. The SMILES string of the molecule is Cc1ccc([C@@H]2C(=C(O)c3ccc4c(c3)OCCO4)C(=O)C(=O)N2CCc2ccccc2)o1. The van der Waals surface area contributed by atoms with Gasteiger partial charge in [0.2, 0.25) is 0 Å². The number of aryl methyl sites for hydroxylation is 1. The van der Waals surface area contributed by atoms with Gasteiger partial charge in [-0.05, 0) is 49.2 Å². The molecule has 5 rings (SSSR count). The van der Waals surface area contributed by atoms with Gasteiger partial charge in [-0.1, -0.05) is 30.3 Å². The van der Waals surface area contributed by atoms with Crippen LogP contribution in [0.15, 0.2) is 70.7 Å². The fourth-order valence-electron chi connectivity index (χ4n) is 4.25. The van der Waals surface area contributed by atoms with E-state index < -0.39 is 17.7 Å². The number of Topliss-reactive ketones (excluding diaryl/α,β-unsaturated/α-hetero) is 1. The van der Waals surface area contributed by atoms with Crippen molar-refractivity contribution in [3.63, 3.8) is 0 Å². The van der Waals surface area contributed by atoms with Gasteiger partial charge in [-0.25, -0.2) is 0 Å². The second kappa shape index (κ2) is 8.50. The first-order valence-electron chi connectivity index (χ1n) is 10.8. The molecule has 7 nitrogen and oxygen atoms in total. The van der Waals surface area contributed by atoms with Crippen molar-refractivity contribution in [3.8, 4) is 11.5 Å². The van der Waals surface area contributed by atoms with E-state index in [1.165, 1.54) is 4.90 Å². The van der Waals surface area contributed by atoms with Gasteiger partial charge in [0.25, 0.3) is 11.7 Å². The number of aliphatic hydroxyl groups excluding tert-OH is 1. The lowest BCUT2D eigenvalue weighted by molar-refractivity contribution is -0.140. The van der Waals surface area contributed by atoms with Crippen molar-refractivity contribution in [2.24, 2.45) is 0 Å². The number of fused-ring (bicyclic) bond motifs is 1. The van der Waals surface area contributed by atoms with E-state index in [4.69, 9.17) is 13.9 Å². The number of nitrogens with zero attached hydrogens (tertiary/aromatic N) is 1. The van der Waals surface area contributed by atoms with Crippen LogP contribution in [0.2, 0.25) is 0 Å². The number of furan rings is 1. The van der Waals surface area contributed by atoms with Gasteiger partial charge in [-0.15, -0.1) is 0 Å². The number of rotatable bonds is 5. The summed E-state index contributed by atoms with van der Waals surface area (Å²) in [5.41, 5.74) is 1.41. The number of likely N-dealkylation sites (tertiary alicyclic amines) is 1. The summed E-state index contributed by atoms with van der Waals surface area (Å²) in [5.74, 6) is 0.454. The van der Waals surface area contributed by atoms with Gasteiger partial charge < -0.3 is 23.9 Å². The number of hydrogen-bond acceptors (Lipinski definition) is 6. The molecule has 0 radical (unpaired) electrons. The van der Waals surface area contributed by atoms with Crippen LogP contribution in [-0.2, 0) is 16.0 Å². The van der Waals surface area contributed by atoms with Gasteiger partial charge in [0.1, 0.15) is 36.5 Å². The summed E-state index contributed by atoms with van der Waals surface area (Å²) in [7, 11) is 0. The third kappa shape index (κ3) is 3.86. The van der Waals surface area contributed by atoms with Gasteiger partial charge in [0.05, 0.1) is 5.57 Å². The van der Waals surface area contributed by atoms with Gasteiger partial charge in [-0.3, -0.25) is 9.59 Å². The molecule has 1 N–H and O–H groups in total. The van der Waals surface area contributed by atoms with E-state index in [9.17, 15) is 14.7 Å². The molecular weight excluding hydrogens is 422 g/mol. The van der Waals surface area contributed by atoms with Crippen LogP contribution < -0.4 is 9.47 Å². The van der Waals surface area contributed by atoms with E-state index >= 15 is 0 Å². The maximum Gasteiger partial charge on any atom is 0.295 e. The average Bonchev–Trinajstić information content (AvgIpc) is 3.38. The maximum absolute atomic E-state index is 13.1. The Hall–Kier alpha value is -4.00. The predicted octanol–water partition coefficient (Wildman–Crippen LogP) is 4.02. The number of carbonyl (C=O) groups excluding carboxylic acids is 2. The highest BCUT2D eigenvalue weighted by atomic mass is 16.6. The largest absolute Gasteiger partial charge is 0.507 e. The molecule has 1 saturated heterocycles. The van der Waals surface area contributed by atoms with E-state index in [1.54, 1.807) is 37.3 Å². The Labute approximate surface area is 190 Å². The van der Waals surface area contributed by atoms with Gasteiger partial charge in [-0.2, -0.15) is 0 Å². The highest BCUT2D eigenvalue weighted by Gasteiger charge is 2.47. The van der Waals surface area contributed by atoms with Gasteiger partial charge in [0.15, 0.2) is 11.5 Å². The Balaban J connectivity index is 1.56. The number of carbonyl (C=O) groups is 2. The van der Waals surface area contributed by atoms with Crippen LogP contribution >= 0.6 is 0 Å². The zero-order valence-electron chi connectivity index (χ0n) is 18.1. The fraction of sp³-hybridized carbons (Fsp3) is 0.231. The third-order valence-corrected chi connectivity index (χ3v) is 5.87. The quantitative estimate of drug-likeness (QED) is 0.362. The van der Waals surface area contributed by atoms with Crippen LogP contribution in [0.3, 0.4) is 0 Å². The van der Waals surface area contributed by atoms with Crippen molar-refractivity contribution in [2.45, 2.75) is 19.4 Å². The number of aliphatic hydroxyl groups is 1. The third-order valence-electron chi connectivity index (χ3n) is 5.87. The molecule has 1 aromatic heterocycles. The minimum Gasteiger partial charge on any atom is -0.507 e. The summed E-state index contributed by atoms with van der Waals surface area (Å²) in [6, 6.07) is 17.4. The number of ether oxygens (including phenoxy) is 2. The molecule has 168 valence electrons. The molecule has 1 fully saturated rings. The van der Waals surface area contributed by atoms with Gasteiger partial charge in [0, 0.05) is 12.1 Å². The molecule has 7 heteroatoms. The molecule has 0 saturated carbocycles. The predicted molar refractivity (Wildman–Crippen MR) is 120 cm³/mol. The average molecular weight is 445 g/mol. The van der Waals surface area contributed by atoms with Crippen LogP contribution in [-0.4, -0.2) is 41.5 Å². The highest BCUT2D eigenvalue weighted by molar-refractivity contribution is 6.46. The smallest absolute Gasteiger partial charge is 0.295 e. The number of amides is 1. The summed E-state index contributed by atoms with van der Waals surface area (Å²) in [6.45, 7) is 2.94. The Bertz CT molecular complexity index is 1240. The Morgan fingerprint density at radius 2 is 1.76 bits per heavy atom. The lowest BCUT2D eigenvalue weighted by Crippen LogP contribution is -2.31. The van der Waals surface area contributed by atoms with E-state index in [-0.39, 0.29) is 11.3 Å². The van der Waals surface area contributed by atoms with E-state index in [0.29, 0.717) is 54.8 Å². The highest BCUT2D eigenvalue weighted by Crippen LogP contribution is 2.41. The van der Waals surface area contributed by atoms with Gasteiger partial charge >= 0.3 is 0 Å². The van der Waals surface area contributed by atoms with Crippen molar-refractivity contribution in [1.29, 1.82) is 0 Å². The summed E-state index contributed by atoms with van der Waals surface area (Å²) in [6.07, 6.45) is 0.564. The fourth-order valence-corrected chi connectivity index (χ4v) is 4.25. The molecule has 0 aliphatic carbocycles. The topological polar surface area (TPSA) is 89.2 Å². The number of ketones is 1. The zero-order valence-corrected chi connectivity index (χ0v) is 18.1. The zero-order chi connectivity index (χ0) is 22.9. The molecule has 2 aliphatic heterocycles. The van der Waals surface area contributed by atoms with Crippen molar-refractivity contribution in [1.82, 2.24) is 4.90 Å². The lowest BCUT2D eigenvalue weighted by Gasteiger charge is -2.23. The minimum absolute atomic E-state index is 0.000843. The van der Waals surface area contributed by atoms with E-state index in [0.717, 1.165) is 5.56 Å². The van der Waals surface area contributed by atoms with Crippen molar-refractivity contribution >= 4 is 17.4 Å². The van der Waals surface area contributed by atoms with Crippen LogP contribution in [0.1, 0.15) is 28.7 Å². The Morgan fingerprint density at radius 1 is 1.00 bits per heavy atom. The van der Waals surface area contributed by atoms with Crippen LogP contribution in [0.25, 0.3) is 5.76 Å². The molecule has 3 heterocycles. The molecular formula is C26H23NO6.